The highest BCUT2D eigenvalue weighted by Crippen LogP contribution is 2.55. The molecule has 1 atom stereocenters. The molecule has 0 spiro atoms. The number of rotatable bonds is 7. The number of quaternary nitrogens is 1. The lowest BCUT2D eigenvalue weighted by Gasteiger charge is -2.56. The molecule has 168 valence electrons. The maximum atomic E-state index is 12.5. The van der Waals surface area contributed by atoms with Crippen LogP contribution in [0.5, 0.6) is 5.75 Å². The Morgan fingerprint density at radius 1 is 0.968 bits per heavy atom. The predicted molar refractivity (Wildman–Crippen MR) is 116 cm³/mol. The van der Waals surface area contributed by atoms with E-state index < -0.39 is 6.03 Å². The summed E-state index contributed by atoms with van der Waals surface area (Å²) >= 11 is 0. The van der Waals surface area contributed by atoms with Gasteiger partial charge in [-0.2, -0.15) is 0 Å². The van der Waals surface area contributed by atoms with Crippen LogP contribution in [-0.4, -0.2) is 50.6 Å². The first-order chi connectivity index (χ1) is 14.8. The van der Waals surface area contributed by atoms with Crippen molar-refractivity contribution in [2.24, 2.45) is 17.8 Å². The summed E-state index contributed by atoms with van der Waals surface area (Å²) in [6.45, 7) is 0.167. The molecule has 31 heavy (non-hydrogen) atoms. The van der Waals surface area contributed by atoms with Crippen LogP contribution in [0.3, 0.4) is 0 Å². The molecule has 8 nitrogen and oxygen atoms in total. The second kappa shape index (κ2) is 8.86. The molecule has 4 aliphatic carbocycles. The second-order valence-electron chi connectivity index (χ2n) is 9.79. The first-order valence-corrected chi connectivity index (χ1v) is 11.2. The van der Waals surface area contributed by atoms with Gasteiger partial charge >= 0.3 is 6.03 Å². The summed E-state index contributed by atoms with van der Waals surface area (Å²) in [5.41, 5.74) is 0.536. The lowest BCUT2D eigenvalue weighted by Crippen LogP contribution is -3.11. The van der Waals surface area contributed by atoms with Crippen molar-refractivity contribution in [2.75, 3.05) is 32.6 Å². The quantitative estimate of drug-likeness (QED) is 0.518. The normalized spacial score (nSPS) is 29.2. The molecule has 4 bridgehead atoms. The minimum Gasteiger partial charge on any atom is -0.497 e. The summed E-state index contributed by atoms with van der Waals surface area (Å²) in [7, 11) is 3.34. The van der Waals surface area contributed by atoms with E-state index in [1.54, 1.807) is 38.4 Å². The van der Waals surface area contributed by atoms with Crippen LogP contribution in [0, 0.1) is 17.8 Å². The average molecular weight is 430 g/mol. The van der Waals surface area contributed by atoms with E-state index >= 15 is 0 Å². The third kappa shape index (κ3) is 5.36. The summed E-state index contributed by atoms with van der Waals surface area (Å²) < 4.78 is 5.10. The van der Waals surface area contributed by atoms with E-state index in [0.29, 0.717) is 16.3 Å². The molecule has 4 aliphatic rings. The Bertz CT molecular complexity index is 803. The number of methoxy groups -OCH3 is 1. The molecule has 4 amide bonds. The van der Waals surface area contributed by atoms with Crippen LogP contribution < -0.4 is 25.6 Å². The van der Waals surface area contributed by atoms with Crippen LogP contribution in [0.2, 0.25) is 0 Å². The number of nitrogens with one attached hydrogen (secondary N) is 4. The molecule has 0 saturated heterocycles. The standard InChI is InChI=1S/C23H32N4O4/c1-27(13-20(28)24-18-3-5-19(31-2)6-4-18)14-21(29)25-22(30)26-23-10-15-7-16(11-23)9-17(8-15)12-23/h3-6,15-17H,7-14H2,1-2H3,(H,24,28)(H2,25,26,29,30)/p+1. The van der Waals surface area contributed by atoms with Crippen LogP contribution in [-0.2, 0) is 9.59 Å². The number of imide groups is 1. The lowest BCUT2D eigenvalue weighted by molar-refractivity contribution is -0.862. The van der Waals surface area contributed by atoms with Gasteiger partial charge in [0.1, 0.15) is 5.75 Å². The summed E-state index contributed by atoms with van der Waals surface area (Å²) in [5, 5.41) is 8.41. The smallest absolute Gasteiger partial charge is 0.322 e. The highest BCUT2D eigenvalue weighted by molar-refractivity contribution is 5.95. The molecule has 8 heteroatoms. The third-order valence-corrected chi connectivity index (χ3v) is 6.97. The maximum absolute atomic E-state index is 12.5. The van der Waals surface area contributed by atoms with E-state index in [9.17, 15) is 14.4 Å². The van der Waals surface area contributed by atoms with Crippen molar-refractivity contribution in [2.45, 2.75) is 44.1 Å². The van der Waals surface area contributed by atoms with Crippen LogP contribution in [0.4, 0.5) is 10.5 Å². The Morgan fingerprint density at radius 3 is 2.06 bits per heavy atom. The fraction of sp³-hybridized carbons (Fsp3) is 0.609. The Labute approximate surface area is 183 Å². The zero-order valence-corrected chi connectivity index (χ0v) is 18.3. The Hall–Kier alpha value is -2.61. The highest BCUT2D eigenvalue weighted by Gasteiger charge is 2.51. The van der Waals surface area contributed by atoms with Crippen molar-refractivity contribution in [3.05, 3.63) is 24.3 Å². The van der Waals surface area contributed by atoms with Gasteiger partial charge in [-0.3, -0.25) is 14.9 Å². The number of ether oxygens (including phenoxy) is 1. The van der Waals surface area contributed by atoms with Gasteiger partial charge in [0.2, 0.25) is 0 Å². The van der Waals surface area contributed by atoms with Crippen LogP contribution >= 0.6 is 0 Å². The molecule has 0 aliphatic heterocycles. The van der Waals surface area contributed by atoms with Crippen molar-refractivity contribution in [3.63, 3.8) is 0 Å². The minimum atomic E-state index is -0.401. The van der Waals surface area contributed by atoms with E-state index in [0.717, 1.165) is 37.0 Å². The van der Waals surface area contributed by atoms with E-state index in [2.05, 4.69) is 16.0 Å². The predicted octanol–water partition coefficient (Wildman–Crippen LogP) is 0.943. The fourth-order valence-corrected chi connectivity index (χ4v) is 6.20. The number of likely N-dealkylation sites (N-methyl/N-ethyl adjacent to an activating group) is 1. The molecule has 1 aromatic rings. The number of carbonyl (C=O) groups excluding carboxylic acids is 3. The van der Waals surface area contributed by atoms with Crippen molar-refractivity contribution in [3.8, 4) is 5.75 Å². The van der Waals surface area contributed by atoms with Gasteiger partial charge in [-0.15, -0.1) is 0 Å². The Morgan fingerprint density at radius 2 is 1.52 bits per heavy atom. The van der Waals surface area contributed by atoms with Crippen LogP contribution in [0.15, 0.2) is 24.3 Å². The summed E-state index contributed by atoms with van der Waals surface area (Å²) in [5.74, 6) is 2.31. The van der Waals surface area contributed by atoms with Crippen LogP contribution in [0.1, 0.15) is 38.5 Å². The fourth-order valence-electron chi connectivity index (χ4n) is 6.20. The maximum Gasteiger partial charge on any atom is 0.322 e. The first-order valence-electron chi connectivity index (χ1n) is 11.2. The van der Waals surface area contributed by atoms with Crippen molar-refractivity contribution < 1.29 is 24.0 Å². The number of hydrogen-bond donors (Lipinski definition) is 4. The van der Waals surface area contributed by atoms with Gasteiger partial charge in [-0.05, 0) is 80.5 Å². The van der Waals surface area contributed by atoms with Gasteiger partial charge in [0, 0.05) is 11.2 Å². The van der Waals surface area contributed by atoms with Gasteiger partial charge in [-0.25, -0.2) is 4.79 Å². The lowest BCUT2D eigenvalue weighted by atomic mass is 9.53. The number of anilines is 1. The summed E-state index contributed by atoms with van der Waals surface area (Å²) in [6.07, 6.45) is 7.02. The molecule has 1 aromatic carbocycles. The summed E-state index contributed by atoms with van der Waals surface area (Å²) in [6, 6.07) is 6.65. The number of urea groups is 1. The SMILES string of the molecule is COc1ccc(NC(=O)C[NH+](C)CC(=O)NC(=O)NC23CC4CC(CC(C4)C2)C3)cc1. The third-order valence-electron chi connectivity index (χ3n) is 6.97. The van der Waals surface area contributed by atoms with Crippen molar-refractivity contribution >= 4 is 23.5 Å². The van der Waals surface area contributed by atoms with E-state index in [-0.39, 0.29) is 30.4 Å². The average Bonchev–Trinajstić information content (AvgIpc) is 2.66. The number of hydrogen-bond acceptors (Lipinski definition) is 4. The monoisotopic (exact) mass is 429 g/mol. The number of benzene rings is 1. The van der Waals surface area contributed by atoms with Gasteiger partial charge < -0.3 is 20.3 Å². The zero-order chi connectivity index (χ0) is 22.0. The molecule has 4 saturated carbocycles. The van der Waals surface area contributed by atoms with Gasteiger partial charge in [0.25, 0.3) is 11.8 Å². The molecule has 4 fully saturated rings. The van der Waals surface area contributed by atoms with Gasteiger partial charge in [-0.1, -0.05) is 0 Å². The van der Waals surface area contributed by atoms with Gasteiger partial charge in [0.05, 0.1) is 14.2 Å². The van der Waals surface area contributed by atoms with E-state index in [4.69, 9.17) is 4.74 Å². The Balaban J connectivity index is 1.20. The zero-order valence-electron chi connectivity index (χ0n) is 18.3. The van der Waals surface area contributed by atoms with Crippen molar-refractivity contribution in [1.29, 1.82) is 0 Å². The minimum absolute atomic E-state index is 0.0460. The molecule has 0 heterocycles. The second-order valence-corrected chi connectivity index (χ2v) is 9.79. The van der Waals surface area contributed by atoms with E-state index in [1.165, 1.54) is 19.3 Å². The molecule has 1 unspecified atom stereocenters. The Kier molecular flexibility index (Phi) is 6.18. The molecule has 4 N–H and O–H groups in total. The van der Waals surface area contributed by atoms with Gasteiger partial charge in [0.15, 0.2) is 13.1 Å². The van der Waals surface area contributed by atoms with E-state index in [1.807, 2.05) is 0 Å². The largest absolute Gasteiger partial charge is 0.497 e. The molecule has 5 rings (SSSR count). The molecule has 0 aromatic heterocycles. The first kappa shape index (κ1) is 21.6. The molecule has 0 radical (unpaired) electrons. The number of amides is 4. The topological polar surface area (TPSA) is 101 Å². The van der Waals surface area contributed by atoms with Crippen molar-refractivity contribution in [1.82, 2.24) is 10.6 Å². The molecular weight excluding hydrogens is 396 g/mol. The summed E-state index contributed by atoms with van der Waals surface area (Å²) in [4.78, 5) is 37.7. The van der Waals surface area contributed by atoms with Crippen LogP contribution in [0.25, 0.3) is 0 Å². The number of carbonyl (C=O) groups is 3. The molecular formula is C23H33N4O4+. The highest BCUT2D eigenvalue weighted by atomic mass is 16.5.